The van der Waals surface area contributed by atoms with Crippen molar-refractivity contribution in [2.75, 3.05) is 10.6 Å². The van der Waals surface area contributed by atoms with Gasteiger partial charge in [0.15, 0.2) is 0 Å². The van der Waals surface area contributed by atoms with Crippen LogP contribution in [0, 0.1) is 0 Å². The van der Waals surface area contributed by atoms with Crippen molar-refractivity contribution in [2.24, 2.45) is 0 Å². The predicted octanol–water partition coefficient (Wildman–Crippen LogP) is 7.44. The molecular formula is C23H34N2. The van der Waals surface area contributed by atoms with E-state index in [2.05, 4.69) is 59.7 Å². The summed E-state index contributed by atoms with van der Waals surface area (Å²) in [4.78, 5) is 0. The van der Waals surface area contributed by atoms with Crippen molar-refractivity contribution in [1.82, 2.24) is 0 Å². The first-order valence-electron chi connectivity index (χ1n) is 9.28. The largest absolute Gasteiger partial charge is 0.356 e. The van der Waals surface area contributed by atoms with Crippen LogP contribution in [-0.4, -0.2) is 0 Å². The van der Waals surface area contributed by atoms with Crippen molar-refractivity contribution >= 4 is 11.4 Å². The van der Waals surface area contributed by atoms with Crippen molar-refractivity contribution < 1.29 is 0 Å². The Balaban J connectivity index is 0.00000134. The van der Waals surface area contributed by atoms with Crippen LogP contribution in [0.4, 0.5) is 11.4 Å². The van der Waals surface area contributed by atoms with Gasteiger partial charge in [0.1, 0.15) is 0 Å². The van der Waals surface area contributed by atoms with E-state index in [0.29, 0.717) is 0 Å². The minimum atomic E-state index is 1.05. The van der Waals surface area contributed by atoms with E-state index < -0.39 is 0 Å². The lowest BCUT2D eigenvalue weighted by atomic mass is 10.1. The normalized spacial score (nSPS) is 13.0. The maximum atomic E-state index is 3.68. The second-order valence-electron chi connectivity index (χ2n) is 4.81. The smallest absolute Gasteiger partial charge is 0.0385 e. The topological polar surface area (TPSA) is 24.1 Å². The first kappa shape index (κ1) is 22.5. The molecule has 0 aromatic heterocycles. The Hall–Kier alpha value is -2.48. The van der Waals surface area contributed by atoms with Gasteiger partial charge in [0.2, 0.25) is 0 Å². The summed E-state index contributed by atoms with van der Waals surface area (Å²) in [6.07, 6.45) is 16.5. The van der Waals surface area contributed by atoms with Gasteiger partial charge in [0.05, 0.1) is 0 Å². The highest BCUT2D eigenvalue weighted by atomic mass is 14.9. The number of anilines is 2. The van der Waals surface area contributed by atoms with Gasteiger partial charge in [-0.2, -0.15) is 0 Å². The number of hydrogen-bond acceptors (Lipinski definition) is 2. The van der Waals surface area contributed by atoms with Gasteiger partial charge < -0.3 is 10.6 Å². The Morgan fingerprint density at radius 3 is 2.16 bits per heavy atom. The van der Waals surface area contributed by atoms with Crippen LogP contribution >= 0.6 is 0 Å². The van der Waals surface area contributed by atoms with Crippen molar-refractivity contribution in [3.63, 3.8) is 0 Å². The summed E-state index contributed by atoms with van der Waals surface area (Å²) in [5.41, 5.74) is 4.39. The fourth-order valence-corrected chi connectivity index (χ4v) is 2.06. The molecule has 1 aliphatic carbocycles. The highest BCUT2D eigenvalue weighted by molar-refractivity contribution is 5.59. The van der Waals surface area contributed by atoms with E-state index in [9.17, 15) is 0 Å². The lowest BCUT2D eigenvalue weighted by Crippen LogP contribution is -2.00. The van der Waals surface area contributed by atoms with Crippen molar-refractivity contribution in [2.45, 2.75) is 47.5 Å². The third-order valence-corrected chi connectivity index (χ3v) is 3.18. The average Bonchev–Trinajstić information content (AvgIpc) is 2.70. The molecule has 2 nitrogen and oxygen atoms in total. The molecule has 2 rings (SSSR count). The maximum Gasteiger partial charge on any atom is 0.0385 e. The Kier molecular flexibility index (Phi) is 13.6. The molecule has 2 heteroatoms. The molecule has 0 unspecified atom stereocenters. The van der Waals surface area contributed by atoms with Gasteiger partial charge in [-0.3, -0.25) is 0 Å². The van der Waals surface area contributed by atoms with Crippen LogP contribution in [0.15, 0.2) is 84.8 Å². The molecule has 0 heterocycles. The van der Waals surface area contributed by atoms with Gasteiger partial charge in [-0.1, -0.05) is 64.7 Å². The molecule has 1 aromatic rings. The number of rotatable bonds is 6. The van der Waals surface area contributed by atoms with Crippen molar-refractivity contribution in [3.05, 3.63) is 84.8 Å². The van der Waals surface area contributed by atoms with Gasteiger partial charge in [-0.15, -0.1) is 0 Å². The molecule has 0 saturated carbocycles. The predicted molar refractivity (Wildman–Crippen MR) is 116 cm³/mol. The maximum absolute atomic E-state index is 3.68. The molecule has 0 bridgehead atoms. The van der Waals surface area contributed by atoms with E-state index in [-0.39, 0.29) is 0 Å². The fourth-order valence-electron chi connectivity index (χ4n) is 2.06. The highest BCUT2D eigenvalue weighted by Crippen LogP contribution is 2.19. The molecule has 0 amide bonds. The zero-order chi connectivity index (χ0) is 18.9. The second-order valence-corrected chi connectivity index (χ2v) is 4.81. The summed E-state index contributed by atoms with van der Waals surface area (Å²) >= 11 is 0. The fraction of sp³-hybridized carbons (Fsp3) is 0.304. The number of benzene rings is 1. The van der Waals surface area contributed by atoms with Crippen LogP contribution in [0.3, 0.4) is 0 Å². The summed E-state index contributed by atoms with van der Waals surface area (Å²) in [5.74, 6) is 0. The quantitative estimate of drug-likeness (QED) is 0.526. The van der Waals surface area contributed by atoms with E-state index in [1.807, 2.05) is 52.8 Å². The first-order valence-corrected chi connectivity index (χ1v) is 9.28. The Morgan fingerprint density at radius 1 is 1.00 bits per heavy atom. The zero-order valence-corrected chi connectivity index (χ0v) is 16.5. The molecule has 25 heavy (non-hydrogen) atoms. The molecule has 0 saturated heterocycles. The summed E-state index contributed by atoms with van der Waals surface area (Å²) in [6, 6.07) is 8.30. The molecule has 136 valence electrons. The third-order valence-electron chi connectivity index (χ3n) is 3.18. The molecule has 0 fully saturated rings. The van der Waals surface area contributed by atoms with E-state index in [1.165, 1.54) is 5.70 Å². The summed E-state index contributed by atoms with van der Waals surface area (Å²) < 4.78 is 0. The Morgan fingerprint density at radius 2 is 1.64 bits per heavy atom. The summed E-state index contributed by atoms with van der Waals surface area (Å²) in [6.45, 7) is 13.7. The van der Waals surface area contributed by atoms with E-state index in [0.717, 1.165) is 29.9 Å². The zero-order valence-electron chi connectivity index (χ0n) is 16.5. The van der Waals surface area contributed by atoms with Gasteiger partial charge in [0.25, 0.3) is 0 Å². The minimum absolute atomic E-state index is 1.05. The molecular weight excluding hydrogens is 304 g/mol. The van der Waals surface area contributed by atoms with Crippen LogP contribution in [0.5, 0.6) is 0 Å². The molecule has 0 aliphatic heterocycles. The van der Waals surface area contributed by atoms with Gasteiger partial charge in [-0.25, -0.2) is 0 Å². The van der Waals surface area contributed by atoms with Crippen LogP contribution in [0.25, 0.3) is 0 Å². The molecule has 0 spiro atoms. The highest BCUT2D eigenvalue weighted by Gasteiger charge is 1.99. The Labute approximate surface area is 154 Å². The third kappa shape index (κ3) is 9.41. The van der Waals surface area contributed by atoms with Gasteiger partial charge >= 0.3 is 0 Å². The van der Waals surface area contributed by atoms with E-state index in [4.69, 9.17) is 0 Å². The monoisotopic (exact) mass is 338 g/mol. The minimum Gasteiger partial charge on any atom is -0.356 e. The average molecular weight is 339 g/mol. The lowest BCUT2D eigenvalue weighted by Gasteiger charge is -2.12. The molecule has 0 atom stereocenters. The van der Waals surface area contributed by atoms with Crippen LogP contribution in [-0.2, 0) is 0 Å². The molecule has 0 radical (unpaired) electrons. The molecule has 2 N–H and O–H groups in total. The van der Waals surface area contributed by atoms with Crippen LogP contribution in [0.1, 0.15) is 47.5 Å². The summed E-state index contributed by atoms with van der Waals surface area (Å²) in [5, 5.41) is 6.78. The van der Waals surface area contributed by atoms with Gasteiger partial charge in [-0.05, 0) is 56.2 Å². The van der Waals surface area contributed by atoms with Crippen LogP contribution < -0.4 is 10.6 Å². The van der Waals surface area contributed by atoms with Gasteiger partial charge in [0, 0.05) is 22.8 Å². The Bertz CT molecular complexity index is 587. The standard InChI is InChI=1S/C19H22N2.2C2H6/c1-3-5-9-16(4-2)20-18-12-14-19(15-13-18)21-17-10-7-6-8-11-17;2*1-2/h3-5,7,9-15,20-21H,1,6,8H2,2H3;2*1-2H3/b9-5-,16-4+;;. The van der Waals surface area contributed by atoms with E-state index in [1.54, 1.807) is 6.08 Å². The number of allylic oxidation sites excluding steroid dienone is 7. The van der Waals surface area contributed by atoms with E-state index >= 15 is 0 Å². The second kappa shape index (κ2) is 15.1. The summed E-state index contributed by atoms with van der Waals surface area (Å²) in [7, 11) is 0. The number of nitrogens with one attached hydrogen (secondary N) is 2. The van der Waals surface area contributed by atoms with Crippen molar-refractivity contribution in [1.29, 1.82) is 0 Å². The van der Waals surface area contributed by atoms with Crippen molar-refractivity contribution in [3.8, 4) is 0 Å². The molecule has 1 aliphatic rings. The molecule has 1 aromatic carbocycles. The SMILES string of the molecule is C=C/C=C\C(=C/C)Nc1ccc(NC2=CCCC=C2)cc1.CC.CC. The van der Waals surface area contributed by atoms with Crippen LogP contribution in [0.2, 0.25) is 0 Å². The lowest BCUT2D eigenvalue weighted by molar-refractivity contribution is 1.02. The first-order chi connectivity index (χ1) is 12.3. The number of hydrogen-bond donors (Lipinski definition) is 2.